The van der Waals surface area contributed by atoms with Gasteiger partial charge in [0.2, 0.25) is 5.91 Å². The summed E-state index contributed by atoms with van der Waals surface area (Å²) in [6.07, 6.45) is 57.9. The summed E-state index contributed by atoms with van der Waals surface area (Å²) in [6, 6.07) is -1.04. The molecule has 1 amide bonds. The Morgan fingerprint density at radius 3 is 1.40 bits per heavy atom. The van der Waals surface area contributed by atoms with Crippen LogP contribution in [0.25, 0.3) is 0 Å². The molecular formula is C66H117NO10. The Morgan fingerprint density at radius 1 is 0.519 bits per heavy atom. The van der Waals surface area contributed by atoms with E-state index in [2.05, 4.69) is 86.8 Å². The molecular weight excluding hydrogens is 967 g/mol. The maximum absolute atomic E-state index is 13.4. The minimum Gasteiger partial charge on any atom is -0.454 e. The Hall–Kier alpha value is -2.90. The average Bonchev–Trinajstić information content (AvgIpc) is 3.43. The van der Waals surface area contributed by atoms with Crippen LogP contribution in [0.2, 0.25) is 0 Å². The molecule has 1 aliphatic rings. The number of unbranched alkanes of at least 4 members (excludes halogenated alkanes) is 29. The number of carbonyl (C=O) groups is 2. The van der Waals surface area contributed by atoms with E-state index >= 15 is 0 Å². The van der Waals surface area contributed by atoms with E-state index in [0.29, 0.717) is 12.8 Å². The highest BCUT2D eigenvalue weighted by Crippen LogP contribution is 2.26. The Kier molecular flexibility index (Phi) is 50.3. The van der Waals surface area contributed by atoms with Gasteiger partial charge in [-0.1, -0.05) is 267 Å². The summed E-state index contributed by atoms with van der Waals surface area (Å²) in [5, 5.41) is 57.0. The molecule has 1 saturated heterocycles. The van der Waals surface area contributed by atoms with Crippen molar-refractivity contribution in [2.24, 2.45) is 0 Å². The fraction of sp³-hybridized carbons (Fsp3) is 0.788. The van der Waals surface area contributed by atoms with Gasteiger partial charge < -0.3 is 45.1 Å². The minimum atomic E-state index is -1.62. The van der Waals surface area contributed by atoms with Crippen molar-refractivity contribution in [3.8, 4) is 0 Å². The van der Waals surface area contributed by atoms with E-state index < -0.39 is 67.4 Å². The third-order valence-electron chi connectivity index (χ3n) is 14.6. The Labute approximate surface area is 471 Å². The number of hydrogen-bond acceptors (Lipinski definition) is 10. The van der Waals surface area contributed by atoms with Crippen LogP contribution in [-0.2, 0) is 23.8 Å². The number of aliphatic hydroxyl groups excluding tert-OH is 5. The normalized spacial score (nSPS) is 19.5. The smallest absolute Gasteiger partial charge is 0.306 e. The number of amides is 1. The number of rotatable bonds is 53. The number of carbonyl (C=O) groups excluding carboxylic acids is 2. The third-order valence-corrected chi connectivity index (χ3v) is 14.6. The molecule has 11 heteroatoms. The largest absolute Gasteiger partial charge is 0.454 e. The van der Waals surface area contributed by atoms with E-state index in [-0.39, 0.29) is 19.4 Å². The van der Waals surface area contributed by atoms with Crippen molar-refractivity contribution in [2.75, 3.05) is 13.2 Å². The van der Waals surface area contributed by atoms with Crippen molar-refractivity contribution in [3.05, 3.63) is 72.9 Å². The van der Waals surface area contributed by atoms with Crippen LogP contribution >= 0.6 is 0 Å². The van der Waals surface area contributed by atoms with Gasteiger partial charge in [0.1, 0.15) is 24.4 Å². The molecule has 1 aliphatic heterocycles. The molecule has 11 nitrogen and oxygen atoms in total. The molecule has 77 heavy (non-hydrogen) atoms. The van der Waals surface area contributed by atoms with E-state index in [1.165, 1.54) is 141 Å². The van der Waals surface area contributed by atoms with E-state index in [1.54, 1.807) is 6.08 Å². The lowest BCUT2D eigenvalue weighted by Gasteiger charge is -2.41. The van der Waals surface area contributed by atoms with Gasteiger partial charge in [-0.2, -0.15) is 0 Å². The first-order chi connectivity index (χ1) is 37.7. The Balaban J connectivity index is 2.71. The van der Waals surface area contributed by atoms with Crippen LogP contribution in [0.1, 0.15) is 271 Å². The van der Waals surface area contributed by atoms with Crippen LogP contribution in [0.3, 0.4) is 0 Å². The van der Waals surface area contributed by atoms with Gasteiger partial charge in [-0.15, -0.1) is 0 Å². The van der Waals surface area contributed by atoms with Gasteiger partial charge in [-0.05, 0) is 70.6 Å². The molecule has 0 aromatic rings. The van der Waals surface area contributed by atoms with Gasteiger partial charge in [0.15, 0.2) is 12.4 Å². The minimum absolute atomic E-state index is 0.121. The quantitative estimate of drug-likeness (QED) is 0.0195. The number of allylic oxidation sites excluding steroid dienone is 11. The molecule has 6 N–H and O–H groups in total. The molecule has 0 aromatic carbocycles. The molecule has 446 valence electrons. The van der Waals surface area contributed by atoms with Gasteiger partial charge in [-0.25, -0.2) is 0 Å². The molecule has 0 spiro atoms. The van der Waals surface area contributed by atoms with E-state index in [9.17, 15) is 35.1 Å². The third kappa shape index (κ3) is 41.7. The molecule has 1 heterocycles. The zero-order valence-electron chi connectivity index (χ0n) is 49.3. The summed E-state index contributed by atoms with van der Waals surface area (Å²) in [5.74, 6) is -1.22. The molecule has 0 radical (unpaired) electrons. The molecule has 0 aliphatic carbocycles. The summed E-state index contributed by atoms with van der Waals surface area (Å²) >= 11 is 0. The second-order valence-electron chi connectivity index (χ2n) is 21.8. The van der Waals surface area contributed by atoms with Crippen LogP contribution in [-0.4, -0.2) is 99.6 Å². The predicted octanol–water partition coefficient (Wildman–Crippen LogP) is 15.2. The SMILES string of the molecule is CC/C=C\C/C=C\C/C=C\C/C=C\C/C=C\CCCCC(O)C(=O)NC(COC1OC(CO)C(O)C(O)C1OC(=O)CCCCCCCCCCCCCCCCCCC)C(O)/C=C/CCCCCCCCCCCCC. The summed E-state index contributed by atoms with van der Waals surface area (Å²) in [5.41, 5.74) is 0. The van der Waals surface area contributed by atoms with Crippen molar-refractivity contribution in [1.82, 2.24) is 5.32 Å². The van der Waals surface area contributed by atoms with Crippen molar-refractivity contribution < 1.29 is 49.3 Å². The van der Waals surface area contributed by atoms with Gasteiger partial charge in [0, 0.05) is 6.42 Å². The van der Waals surface area contributed by atoms with Gasteiger partial charge in [-0.3, -0.25) is 9.59 Å². The molecule has 1 rings (SSSR count). The maximum atomic E-state index is 13.4. The van der Waals surface area contributed by atoms with E-state index in [1.807, 2.05) is 6.08 Å². The van der Waals surface area contributed by atoms with Gasteiger partial charge in [0.05, 0.1) is 25.4 Å². The van der Waals surface area contributed by atoms with Crippen LogP contribution in [0, 0.1) is 0 Å². The molecule has 0 bridgehead atoms. The van der Waals surface area contributed by atoms with Crippen molar-refractivity contribution in [1.29, 1.82) is 0 Å². The van der Waals surface area contributed by atoms with Crippen LogP contribution in [0.5, 0.6) is 0 Å². The van der Waals surface area contributed by atoms with Gasteiger partial charge >= 0.3 is 5.97 Å². The fourth-order valence-electron chi connectivity index (χ4n) is 9.62. The van der Waals surface area contributed by atoms with Crippen molar-refractivity contribution in [2.45, 2.75) is 320 Å². The first-order valence-corrected chi connectivity index (χ1v) is 31.7. The lowest BCUT2D eigenvalue weighted by atomic mass is 9.99. The number of aliphatic hydroxyl groups is 5. The van der Waals surface area contributed by atoms with Crippen molar-refractivity contribution in [3.63, 3.8) is 0 Å². The highest BCUT2D eigenvalue weighted by atomic mass is 16.7. The van der Waals surface area contributed by atoms with E-state index in [0.717, 1.165) is 83.5 Å². The number of ether oxygens (including phenoxy) is 3. The number of esters is 1. The van der Waals surface area contributed by atoms with Crippen LogP contribution in [0.15, 0.2) is 72.9 Å². The second-order valence-corrected chi connectivity index (χ2v) is 21.8. The number of nitrogens with one attached hydrogen (secondary N) is 1. The Bertz CT molecular complexity index is 1530. The first kappa shape index (κ1) is 72.1. The van der Waals surface area contributed by atoms with E-state index in [4.69, 9.17) is 14.2 Å². The molecule has 0 aromatic heterocycles. The fourth-order valence-corrected chi connectivity index (χ4v) is 9.62. The lowest BCUT2D eigenvalue weighted by molar-refractivity contribution is -0.305. The predicted molar refractivity (Wildman–Crippen MR) is 319 cm³/mol. The zero-order valence-corrected chi connectivity index (χ0v) is 49.3. The monoisotopic (exact) mass is 1080 g/mol. The summed E-state index contributed by atoms with van der Waals surface area (Å²) in [7, 11) is 0. The summed E-state index contributed by atoms with van der Waals surface area (Å²) in [4.78, 5) is 26.6. The van der Waals surface area contributed by atoms with Gasteiger partial charge in [0.25, 0.3) is 0 Å². The number of hydrogen-bond donors (Lipinski definition) is 6. The van der Waals surface area contributed by atoms with Crippen LogP contribution < -0.4 is 5.32 Å². The molecule has 8 unspecified atom stereocenters. The highest BCUT2D eigenvalue weighted by Gasteiger charge is 2.47. The summed E-state index contributed by atoms with van der Waals surface area (Å²) in [6.45, 7) is 5.67. The molecule has 1 fully saturated rings. The topological polar surface area (TPSA) is 175 Å². The summed E-state index contributed by atoms with van der Waals surface area (Å²) < 4.78 is 17.6. The second kappa shape index (κ2) is 53.7. The standard InChI is InChI=1S/C66H117NO10/c1-4-7-10-13-16-19-22-25-27-29-31-32-35-38-41-44-47-50-53-59(70)65(74)67-57(58(69)52-49-46-43-40-37-34-24-21-18-15-12-9-6-3)56-75-66-64(63(73)62(72)60(55-68)76-66)77-61(71)54-51-48-45-42-39-36-33-30-28-26-23-20-17-14-11-8-5-2/h7,10,16,19,25,27,31-32,38,41,49,52,57-60,62-64,66,68-70,72-73H,4-6,8-9,11-15,17-18,20-24,26,28-30,33-37,39-40,42-48,50-51,53-56H2,1-3H3,(H,67,74)/b10-7-,19-16-,27-25-,32-31-,41-38-,52-49+. The lowest BCUT2D eigenvalue weighted by Crippen LogP contribution is -2.61. The average molecular weight is 1080 g/mol. The molecule has 0 saturated carbocycles. The maximum Gasteiger partial charge on any atom is 0.306 e. The first-order valence-electron chi connectivity index (χ1n) is 31.7. The molecule has 8 atom stereocenters. The zero-order chi connectivity index (χ0) is 56.1. The Morgan fingerprint density at radius 2 is 0.935 bits per heavy atom. The van der Waals surface area contributed by atoms with Crippen LogP contribution in [0.4, 0.5) is 0 Å². The van der Waals surface area contributed by atoms with Crippen molar-refractivity contribution >= 4 is 11.9 Å². The highest BCUT2D eigenvalue weighted by molar-refractivity contribution is 5.80.